The lowest BCUT2D eigenvalue weighted by atomic mass is 9.87. The third kappa shape index (κ3) is 6.72. The van der Waals surface area contributed by atoms with Gasteiger partial charge in [0.05, 0.1) is 11.4 Å². The zero-order chi connectivity index (χ0) is 35.5. The standard InChI is InChI=1S/C50H42N2/c1-50(2,3)41-29-35-44(36-30-41)51(42-17-5-4-6-18-42)43-31-25-37(26-32-43)23-24-38-27-33-45(34-28-38)52(48-21-11-15-39-13-7-9-19-46(39)48)49-22-12-16-40-14-8-10-20-47(40)49/h4-36H,1-3H3. The summed E-state index contributed by atoms with van der Waals surface area (Å²) in [6, 6.07) is 67.6. The van der Waals surface area contributed by atoms with E-state index in [0.717, 1.165) is 45.3 Å². The SMILES string of the molecule is CC(C)(C)c1ccc(N(c2ccccc2)c2ccc(C=Cc3ccc(N(c4cccc5ccccc45)c4cccc5ccccc45)cc3)cc2)cc1. The average Bonchev–Trinajstić information content (AvgIpc) is 3.19. The largest absolute Gasteiger partial charge is 0.311 e. The van der Waals surface area contributed by atoms with Crippen molar-refractivity contribution in [1.82, 2.24) is 0 Å². The summed E-state index contributed by atoms with van der Waals surface area (Å²) in [4.78, 5) is 4.71. The molecule has 0 radical (unpaired) electrons. The molecule has 8 aromatic carbocycles. The summed E-state index contributed by atoms with van der Waals surface area (Å²) in [7, 11) is 0. The molecule has 0 heterocycles. The van der Waals surface area contributed by atoms with Gasteiger partial charge in [-0.3, -0.25) is 0 Å². The van der Waals surface area contributed by atoms with Crippen LogP contribution in [0.2, 0.25) is 0 Å². The van der Waals surface area contributed by atoms with Crippen molar-refractivity contribution in [1.29, 1.82) is 0 Å². The highest BCUT2D eigenvalue weighted by Gasteiger charge is 2.18. The molecule has 0 unspecified atom stereocenters. The summed E-state index contributed by atoms with van der Waals surface area (Å²) in [5.41, 5.74) is 10.6. The number of hydrogen-bond donors (Lipinski definition) is 0. The average molecular weight is 671 g/mol. The molecule has 0 aliphatic carbocycles. The second-order valence-corrected chi connectivity index (χ2v) is 14.3. The number of benzene rings is 8. The maximum absolute atomic E-state index is 2.39. The molecule has 8 rings (SSSR count). The summed E-state index contributed by atoms with van der Waals surface area (Å²) in [5.74, 6) is 0. The Bertz CT molecular complexity index is 2380. The van der Waals surface area contributed by atoms with Crippen LogP contribution >= 0.6 is 0 Å². The summed E-state index contributed by atoms with van der Waals surface area (Å²) in [6.45, 7) is 6.76. The minimum atomic E-state index is 0.108. The van der Waals surface area contributed by atoms with Crippen molar-refractivity contribution < 1.29 is 0 Å². The minimum absolute atomic E-state index is 0.108. The van der Waals surface area contributed by atoms with Crippen molar-refractivity contribution in [3.05, 3.63) is 205 Å². The van der Waals surface area contributed by atoms with E-state index < -0.39 is 0 Å². The highest BCUT2D eigenvalue weighted by molar-refractivity contribution is 6.04. The van der Waals surface area contributed by atoms with E-state index in [-0.39, 0.29) is 5.41 Å². The quantitative estimate of drug-likeness (QED) is 0.148. The lowest BCUT2D eigenvalue weighted by molar-refractivity contribution is 0.590. The first kappa shape index (κ1) is 32.8. The summed E-state index contributed by atoms with van der Waals surface area (Å²) in [6.07, 6.45) is 4.39. The predicted octanol–water partition coefficient (Wildman–Crippen LogP) is 14.4. The molecule has 0 aliphatic rings. The van der Waals surface area contributed by atoms with Gasteiger partial charge in [-0.2, -0.15) is 0 Å². The van der Waals surface area contributed by atoms with Gasteiger partial charge in [0.2, 0.25) is 0 Å². The molecule has 0 aliphatic heterocycles. The number of hydrogen-bond acceptors (Lipinski definition) is 2. The van der Waals surface area contributed by atoms with Crippen LogP contribution in [-0.4, -0.2) is 0 Å². The van der Waals surface area contributed by atoms with Crippen LogP contribution in [-0.2, 0) is 5.41 Å². The van der Waals surface area contributed by atoms with Crippen LogP contribution in [0.1, 0.15) is 37.5 Å². The molecular formula is C50H42N2. The van der Waals surface area contributed by atoms with Gasteiger partial charge >= 0.3 is 0 Å². The first-order chi connectivity index (χ1) is 25.4. The van der Waals surface area contributed by atoms with E-state index in [1.54, 1.807) is 0 Å². The van der Waals surface area contributed by atoms with Crippen molar-refractivity contribution >= 4 is 67.8 Å². The van der Waals surface area contributed by atoms with E-state index in [4.69, 9.17) is 0 Å². The summed E-state index contributed by atoms with van der Waals surface area (Å²) in [5, 5.41) is 4.89. The Kier molecular flexibility index (Phi) is 8.89. The summed E-state index contributed by atoms with van der Waals surface area (Å²) < 4.78 is 0. The van der Waals surface area contributed by atoms with Crippen molar-refractivity contribution in [2.45, 2.75) is 26.2 Å². The van der Waals surface area contributed by atoms with Crippen LogP contribution in [0.3, 0.4) is 0 Å². The minimum Gasteiger partial charge on any atom is -0.311 e. The zero-order valence-corrected chi connectivity index (χ0v) is 29.9. The van der Waals surface area contributed by atoms with Gasteiger partial charge in [-0.15, -0.1) is 0 Å². The maximum atomic E-state index is 2.39. The first-order valence-corrected chi connectivity index (χ1v) is 18.0. The van der Waals surface area contributed by atoms with Crippen LogP contribution in [0, 0.1) is 0 Å². The number of fused-ring (bicyclic) bond motifs is 2. The van der Waals surface area contributed by atoms with Gasteiger partial charge in [0.25, 0.3) is 0 Å². The molecule has 252 valence electrons. The van der Waals surface area contributed by atoms with Crippen LogP contribution < -0.4 is 9.80 Å². The van der Waals surface area contributed by atoms with Gasteiger partial charge in [-0.1, -0.05) is 160 Å². The number of rotatable bonds is 8. The fourth-order valence-corrected chi connectivity index (χ4v) is 7.01. The normalized spacial score (nSPS) is 11.7. The molecule has 0 aromatic heterocycles. The van der Waals surface area contributed by atoms with Crippen LogP contribution in [0.5, 0.6) is 0 Å². The number of anilines is 6. The van der Waals surface area contributed by atoms with Crippen molar-refractivity contribution in [3.8, 4) is 0 Å². The first-order valence-electron chi connectivity index (χ1n) is 18.0. The van der Waals surface area contributed by atoms with E-state index >= 15 is 0 Å². The van der Waals surface area contributed by atoms with Gasteiger partial charge in [0.15, 0.2) is 0 Å². The second kappa shape index (κ2) is 14.1. The lowest BCUT2D eigenvalue weighted by Crippen LogP contribution is -2.13. The zero-order valence-electron chi connectivity index (χ0n) is 29.9. The second-order valence-electron chi connectivity index (χ2n) is 14.3. The van der Waals surface area contributed by atoms with Gasteiger partial charge < -0.3 is 9.80 Å². The van der Waals surface area contributed by atoms with Crippen LogP contribution in [0.25, 0.3) is 33.7 Å². The molecule has 0 amide bonds. The van der Waals surface area contributed by atoms with Crippen molar-refractivity contribution in [2.75, 3.05) is 9.80 Å². The Morgan fingerprint density at radius 3 is 1.21 bits per heavy atom. The number of nitrogens with zero attached hydrogens (tertiary/aromatic N) is 2. The van der Waals surface area contributed by atoms with Crippen LogP contribution in [0.4, 0.5) is 34.1 Å². The monoisotopic (exact) mass is 670 g/mol. The fraction of sp³-hybridized carbons (Fsp3) is 0.0800. The fourth-order valence-electron chi connectivity index (χ4n) is 7.01. The van der Waals surface area contributed by atoms with Crippen molar-refractivity contribution in [2.24, 2.45) is 0 Å². The third-order valence-electron chi connectivity index (χ3n) is 9.79. The van der Waals surface area contributed by atoms with Gasteiger partial charge in [0.1, 0.15) is 0 Å². The molecule has 8 aromatic rings. The highest BCUT2D eigenvalue weighted by atomic mass is 15.1. The van der Waals surface area contributed by atoms with Crippen LogP contribution in [0.15, 0.2) is 188 Å². The third-order valence-corrected chi connectivity index (χ3v) is 9.79. The Morgan fingerprint density at radius 1 is 0.346 bits per heavy atom. The Balaban J connectivity index is 1.09. The van der Waals surface area contributed by atoms with Gasteiger partial charge in [-0.25, -0.2) is 0 Å². The molecule has 0 saturated carbocycles. The van der Waals surface area contributed by atoms with E-state index in [9.17, 15) is 0 Å². The smallest absolute Gasteiger partial charge is 0.0540 e. The molecule has 2 nitrogen and oxygen atoms in total. The predicted molar refractivity (Wildman–Crippen MR) is 225 cm³/mol. The van der Waals surface area contributed by atoms with Gasteiger partial charge in [0, 0.05) is 33.5 Å². The van der Waals surface area contributed by atoms with Gasteiger partial charge in [-0.05, 0) is 93.5 Å². The van der Waals surface area contributed by atoms with E-state index in [1.165, 1.54) is 27.1 Å². The Morgan fingerprint density at radius 2 is 0.731 bits per heavy atom. The molecule has 0 bridgehead atoms. The molecule has 0 atom stereocenters. The Labute approximate surface area is 307 Å². The lowest BCUT2D eigenvalue weighted by Gasteiger charge is -2.28. The molecule has 0 spiro atoms. The van der Waals surface area contributed by atoms with E-state index in [2.05, 4.69) is 231 Å². The molecular weight excluding hydrogens is 629 g/mol. The maximum Gasteiger partial charge on any atom is 0.0540 e. The Hall–Kier alpha value is -6.38. The molecule has 0 saturated heterocycles. The molecule has 2 heteroatoms. The topological polar surface area (TPSA) is 6.48 Å². The molecule has 0 fully saturated rings. The highest BCUT2D eigenvalue weighted by Crippen LogP contribution is 2.42. The molecule has 52 heavy (non-hydrogen) atoms. The molecule has 0 N–H and O–H groups in total. The van der Waals surface area contributed by atoms with Crippen molar-refractivity contribution in [3.63, 3.8) is 0 Å². The van der Waals surface area contributed by atoms with E-state index in [0.29, 0.717) is 0 Å². The number of para-hydroxylation sites is 1. The summed E-state index contributed by atoms with van der Waals surface area (Å²) >= 11 is 0. The van der Waals surface area contributed by atoms with E-state index in [1.807, 2.05) is 0 Å².